The first-order valence-electron chi connectivity index (χ1n) is 7.35. The van der Waals surface area contributed by atoms with Crippen LogP contribution in [-0.4, -0.2) is 30.4 Å². The van der Waals surface area contributed by atoms with Crippen molar-refractivity contribution in [1.82, 2.24) is 5.43 Å². The molecular formula is C17H16F2N2O4. The standard InChI is InChI=1S/C17H16F2N2O4/c1-2-24-14-9-5-6-11(15(14)25-17(18)19)10-20-21-16(23)12-7-3-4-8-13(12)22/h3-10,17,22H,2H2,1H3,(H,21,23)/b20-10-. The highest BCUT2D eigenvalue weighted by atomic mass is 19.3. The van der Waals surface area contributed by atoms with E-state index in [9.17, 15) is 18.7 Å². The highest BCUT2D eigenvalue weighted by Crippen LogP contribution is 2.31. The monoisotopic (exact) mass is 350 g/mol. The zero-order valence-electron chi connectivity index (χ0n) is 13.3. The first-order chi connectivity index (χ1) is 12.0. The largest absolute Gasteiger partial charge is 0.507 e. The average molecular weight is 350 g/mol. The molecule has 0 spiro atoms. The maximum absolute atomic E-state index is 12.6. The minimum atomic E-state index is -3.04. The zero-order valence-corrected chi connectivity index (χ0v) is 13.3. The predicted molar refractivity (Wildman–Crippen MR) is 87.4 cm³/mol. The molecule has 0 fully saturated rings. The van der Waals surface area contributed by atoms with Gasteiger partial charge in [0.15, 0.2) is 11.5 Å². The van der Waals surface area contributed by atoms with Gasteiger partial charge in [0.05, 0.1) is 18.4 Å². The molecule has 0 bridgehead atoms. The molecule has 1 amide bonds. The number of amides is 1. The van der Waals surface area contributed by atoms with Crippen molar-refractivity contribution in [2.75, 3.05) is 6.61 Å². The van der Waals surface area contributed by atoms with Crippen molar-refractivity contribution in [3.63, 3.8) is 0 Å². The second kappa shape index (κ2) is 8.62. The number of para-hydroxylation sites is 2. The number of carbonyl (C=O) groups is 1. The van der Waals surface area contributed by atoms with Gasteiger partial charge in [-0.25, -0.2) is 5.43 Å². The van der Waals surface area contributed by atoms with Gasteiger partial charge >= 0.3 is 6.61 Å². The second-order valence-electron chi connectivity index (χ2n) is 4.70. The lowest BCUT2D eigenvalue weighted by molar-refractivity contribution is -0.0515. The number of benzene rings is 2. The van der Waals surface area contributed by atoms with Gasteiger partial charge in [-0.05, 0) is 31.2 Å². The topological polar surface area (TPSA) is 80.2 Å². The summed E-state index contributed by atoms with van der Waals surface area (Å²) >= 11 is 0. The Morgan fingerprint density at radius 3 is 2.72 bits per heavy atom. The number of ether oxygens (including phenoxy) is 2. The minimum Gasteiger partial charge on any atom is -0.507 e. The Balaban J connectivity index is 2.18. The molecule has 0 radical (unpaired) electrons. The van der Waals surface area contributed by atoms with Crippen LogP contribution in [0.1, 0.15) is 22.8 Å². The molecular weight excluding hydrogens is 334 g/mol. The van der Waals surface area contributed by atoms with E-state index in [4.69, 9.17) is 4.74 Å². The summed E-state index contributed by atoms with van der Waals surface area (Å²) in [6.45, 7) is -1.06. The summed E-state index contributed by atoms with van der Waals surface area (Å²) in [5.74, 6) is -0.888. The third-order valence-corrected chi connectivity index (χ3v) is 3.03. The summed E-state index contributed by atoms with van der Waals surface area (Å²) in [6.07, 6.45) is 1.15. The zero-order chi connectivity index (χ0) is 18.2. The normalized spacial score (nSPS) is 10.9. The van der Waals surface area contributed by atoms with Gasteiger partial charge in [-0.3, -0.25) is 4.79 Å². The summed E-state index contributed by atoms with van der Waals surface area (Å²) < 4.78 is 35.0. The van der Waals surface area contributed by atoms with Gasteiger partial charge in [-0.1, -0.05) is 18.2 Å². The van der Waals surface area contributed by atoms with Crippen molar-refractivity contribution in [2.24, 2.45) is 5.10 Å². The van der Waals surface area contributed by atoms with Crippen LogP contribution in [0.5, 0.6) is 17.2 Å². The van der Waals surface area contributed by atoms with Crippen LogP contribution in [0.25, 0.3) is 0 Å². The van der Waals surface area contributed by atoms with Crippen molar-refractivity contribution in [1.29, 1.82) is 0 Å². The number of alkyl halides is 2. The van der Waals surface area contributed by atoms with Gasteiger partial charge in [-0.15, -0.1) is 0 Å². The molecule has 2 rings (SSSR count). The van der Waals surface area contributed by atoms with E-state index in [1.54, 1.807) is 25.1 Å². The molecule has 0 heterocycles. The summed E-state index contributed by atoms with van der Waals surface area (Å²) in [7, 11) is 0. The van der Waals surface area contributed by atoms with Gasteiger partial charge in [0.2, 0.25) is 0 Å². The first kappa shape index (κ1) is 18.2. The molecule has 25 heavy (non-hydrogen) atoms. The van der Waals surface area contributed by atoms with Crippen LogP contribution < -0.4 is 14.9 Å². The van der Waals surface area contributed by atoms with Crippen LogP contribution in [0.2, 0.25) is 0 Å². The molecule has 0 aromatic heterocycles. The van der Waals surface area contributed by atoms with Crippen LogP contribution >= 0.6 is 0 Å². The number of phenols is 1. The fraction of sp³-hybridized carbons (Fsp3) is 0.176. The number of halogens is 2. The lowest BCUT2D eigenvalue weighted by Crippen LogP contribution is -2.17. The molecule has 0 aliphatic carbocycles. The second-order valence-corrected chi connectivity index (χ2v) is 4.70. The molecule has 0 unspecified atom stereocenters. The molecule has 8 heteroatoms. The number of nitrogens with zero attached hydrogens (tertiary/aromatic N) is 1. The third kappa shape index (κ3) is 4.90. The van der Waals surface area contributed by atoms with Crippen molar-refractivity contribution in [3.05, 3.63) is 53.6 Å². The summed E-state index contributed by atoms with van der Waals surface area (Å²) in [5.41, 5.74) is 2.44. The average Bonchev–Trinajstić information content (AvgIpc) is 2.57. The predicted octanol–water partition coefficient (Wildman–Crippen LogP) is 3.16. The number of rotatable bonds is 7. The summed E-state index contributed by atoms with van der Waals surface area (Å²) in [6, 6.07) is 10.5. The molecule has 0 aliphatic rings. The van der Waals surface area contributed by atoms with E-state index in [0.29, 0.717) is 0 Å². The van der Waals surface area contributed by atoms with Crippen molar-refractivity contribution in [3.8, 4) is 17.2 Å². The molecule has 0 saturated heterocycles. The van der Waals surface area contributed by atoms with E-state index in [2.05, 4.69) is 15.3 Å². The van der Waals surface area contributed by atoms with Crippen molar-refractivity contribution >= 4 is 12.1 Å². The van der Waals surface area contributed by atoms with Crippen LogP contribution in [-0.2, 0) is 0 Å². The van der Waals surface area contributed by atoms with Crippen LogP contribution in [0.4, 0.5) is 8.78 Å². The maximum atomic E-state index is 12.6. The number of carbonyl (C=O) groups excluding carboxylic acids is 1. The van der Waals surface area contributed by atoms with E-state index in [1.165, 1.54) is 24.3 Å². The van der Waals surface area contributed by atoms with Gasteiger partial charge in [0, 0.05) is 5.56 Å². The smallest absolute Gasteiger partial charge is 0.387 e. The van der Waals surface area contributed by atoms with Gasteiger partial charge < -0.3 is 14.6 Å². The van der Waals surface area contributed by atoms with Gasteiger partial charge in [-0.2, -0.15) is 13.9 Å². The summed E-state index contributed by atoms with van der Waals surface area (Å²) in [4.78, 5) is 11.9. The van der Waals surface area contributed by atoms with Crippen molar-refractivity contribution < 1.29 is 28.2 Å². The third-order valence-electron chi connectivity index (χ3n) is 3.03. The quantitative estimate of drug-likeness (QED) is 0.594. The summed E-state index contributed by atoms with van der Waals surface area (Å²) in [5, 5.41) is 13.3. The SMILES string of the molecule is CCOc1cccc(/C=N\NC(=O)c2ccccc2O)c1OC(F)F. The number of aromatic hydroxyl groups is 1. The highest BCUT2D eigenvalue weighted by molar-refractivity contribution is 5.97. The fourth-order valence-electron chi connectivity index (χ4n) is 2.01. The Bertz CT molecular complexity index is 766. The number of phenolic OH excluding ortho intramolecular Hbond substituents is 1. The molecule has 0 aliphatic heterocycles. The van der Waals surface area contributed by atoms with Crippen LogP contribution in [0, 0.1) is 0 Å². The van der Waals surface area contributed by atoms with E-state index >= 15 is 0 Å². The van der Waals surface area contributed by atoms with Crippen LogP contribution in [0.3, 0.4) is 0 Å². The van der Waals surface area contributed by atoms with Crippen LogP contribution in [0.15, 0.2) is 47.6 Å². The molecule has 0 saturated carbocycles. The molecule has 2 aromatic carbocycles. The number of nitrogens with one attached hydrogen (secondary N) is 1. The molecule has 0 atom stereocenters. The fourth-order valence-corrected chi connectivity index (χ4v) is 2.01. The Morgan fingerprint density at radius 2 is 2.04 bits per heavy atom. The van der Waals surface area contributed by atoms with Gasteiger partial charge in [0.25, 0.3) is 5.91 Å². The van der Waals surface area contributed by atoms with Gasteiger partial charge in [0.1, 0.15) is 5.75 Å². The lowest BCUT2D eigenvalue weighted by atomic mass is 10.2. The highest BCUT2D eigenvalue weighted by Gasteiger charge is 2.15. The molecule has 2 aromatic rings. The number of hydrogen-bond acceptors (Lipinski definition) is 5. The Kier molecular flexibility index (Phi) is 6.27. The van der Waals surface area contributed by atoms with E-state index in [0.717, 1.165) is 6.21 Å². The molecule has 132 valence electrons. The maximum Gasteiger partial charge on any atom is 0.387 e. The minimum absolute atomic E-state index is 0.0340. The van der Waals surface area contributed by atoms with E-state index in [-0.39, 0.29) is 35.0 Å². The Hall–Kier alpha value is -3.16. The van der Waals surface area contributed by atoms with E-state index < -0.39 is 12.5 Å². The number of hydrazone groups is 1. The molecule has 2 N–H and O–H groups in total. The Labute approximate surface area is 142 Å². The Morgan fingerprint density at radius 1 is 1.28 bits per heavy atom. The van der Waals surface area contributed by atoms with E-state index in [1.807, 2.05) is 0 Å². The lowest BCUT2D eigenvalue weighted by Gasteiger charge is -2.13. The molecule has 6 nitrogen and oxygen atoms in total. The number of hydrogen-bond donors (Lipinski definition) is 2. The first-order valence-corrected chi connectivity index (χ1v) is 7.35. The van der Waals surface area contributed by atoms with Crippen molar-refractivity contribution in [2.45, 2.75) is 13.5 Å².